The largest absolute Gasteiger partial charge is 0.364 e. The summed E-state index contributed by atoms with van der Waals surface area (Å²) in [5.41, 5.74) is 3.64. The zero-order chi connectivity index (χ0) is 18.5. The molecule has 2 heterocycles. The molecule has 0 aliphatic heterocycles. The molecule has 2 N–H and O–H groups in total. The maximum Gasteiger partial charge on any atom is 0.274 e. The normalized spacial score (nSPS) is 10.4. The summed E-state index contributed by atoms with van der Waals surface area (Å²) in [6, 6.07) is 11.0. The van der Waals surface area contributed by atoms with E-state index in [-0.39, 0.29) is 11.6 Å². The first-order valence-electron chi connectivity index (χ1n) is 8.07. The fourth-order valence-corrected chi connectivity index (χ4v) is 2.88. The molecule has 0 radical (unpaired) electrons. The fourth-order valence-electron chi connectivity index (χ4n) is 2.51. The fraction of sp³-hybridized carbons (Fsp3) is 0.158. The van der Waals surface area contributed by atoms with Crippen LogP contribution in [0.5, 0.6) is 0 Å². The first-order chi connectivity index (χ1) is 12.5. The summed E-state index contributed by atoms with van der Waals surface area (Å²) in [4.78, 5) is 24.9. The monoisotopic (exact) mass is 367 g/mol. The van der Waals surface area contributed by atoms with Crippen LogP contribution < -0.4 is 10.6 Å². The summed E-state index contributed by atoms with van der Waals surface area (Å²) >= 11 is 6.25. The Bertz CT molecular complexity index is 907. The summed E-state index contributed by atoms with van der Waals surface area (Å²) in [5.74, 6) is 0.199. The second kappa shape index (κ2) is 7.93. The van der Waals surface area contributed by atoms with Crippen LogP contribution in [0.2, 0.25) is 5.02 Å². The standard InChI is InChI=1S/C19H18ClN5O/c1-12-7-13(2)18(15(20)8-12)25-19(26)16-9-17(24-11-23-16)22-10-14-5-3-4-6-21-14/h3-9,11H,10H2,1-2H3,(H,25,26)(H,22,23,24). The number of anilines is 2. The lowest BCUT2D eigenvalue weighted by Gasteiger charge is -2.12. The van der Waals surface area contributed by atoms with Crippen molar-refractivity contribution in [2.45, 2.75) is 20.4 Å². The van der Waals surface area contributed by atoms with Gasteiger partial charge in [0.2, 0.25) is 0 Å². The Morgan fingerprint density at radius 1 is 1.12 bits per heavy atom. The summed E-state index contributed by atoms with van der Waals surface area (Å²) < 4.78 is 0. The van der Waals surface area contributed by atoms with Gasteiger partial charge < -0.3 is 10.6 Å². The van der Waals surface area contributed by atoms with Crippen molar-refractivity contribution in [2.24, 2.45) is 0 Å². The highest BCUT2D eigenvalue weighted by molar-refractivity contribution is 6.34. The van der Waals surface area contributed by atoms with Gasteiger partial charge in [-0.05, 0) is 43.2 Å². The van der Waals surface area contributed by atoms with Gasteiger partial charge in [-0.25, -0.2) is 9.97 Å². The van der Waals surface area contributed by atoms with E-state index in [2.05, 4.69) is 25.6 Å². The molecule has 0 spiro atoms. The molecule has 0 aliphatic carbocycles. The van der Waals surface area contributed by atoms with E-state index >= 15 is 0 Å². The third-order valence-electron chi connectivity index (χ3n) is 3.75. The first-order valence-corrected chi connectivity index (χ1v) is 8.44. The molecular formula is C19H18ClN5O. The number of halogens is 1. The Morgan fingerprint density at radius 2 is 1.96 bits per heavy atom. The number of hydrogen-bond donors (Lipinski definition) is 2. The molecule has 1 amide bonds. The molecule has 0 unspecified atom stereocenters. The Labute approximate surface area is 156 Å². The average Bonchev–Trinajstić information content (AvgIpc) is 2.64. The van der Waals surface area contributed by atoms with Gasteiger partial charge in [0.05, 0.1) is 22.9 Å². The SMILES string of the molecule is Cc1cc(C)c(NC(=O)c2cc(NCc3ccccn3)ncn2)c(Cl)c1. The Hall–Kier alpha value is -2.99. The number of nitrogens with one attached hydrogen (secondary N) is 2. The van der Waals surface area contributed by atoms with Crippen molar-refractivity contribution in [3.05, 3.63) is 76.5 Å². The molecule has 0 fully saturated rings. The number of nitrogens with zero attached hydrogens (tertiary/aromatic N) is 3. The molecule has 7 heteroatoms. The number of hydrogen-bond acceptors (Lipinski definition) is 5. The van der Waals surface area contributed by atoms with Crippen LogP contribution in [-0.4, -0.2) is 20.9 Å². The highest BCUT2D eigenvalue weighted by atomic mass is 35.5. The van der Waals surface area contributed by atoms with Crippen molar-refractivity contribution >= 4 is 29.0 Å². The van der Waals surface area contributed by atoms with Gasteiger partial charge in [-0.2, -0.15) is 0 Å². The molecule has 0 aliphatic rings. The molecule has 2 aromatic heterocycles. The molecule has 132 valence electrons. The molecule has 0 saturated carbocycles. The zero-order valence-corrected chi connectivity index (χ0v) is 15.2. The summed E-state index contributed by atoms with van der Waals surface area (Å²) in [6.07, 6.45) is 3.07. The number of rotatable bonds is 5. The summed E-state index contributed by atoms with van der Waals surface area (Å²) in [6.45, 7) is 4.35. The van der Waals surface area contributed by atoms with Gasteiger partial charge in [0.15, 0.2) is 0 Å². The highest BCUT2D eigenvalue weighted by Crippen LogP contribution is 2.27. The highest BCUT2D eigenvalue weighted by Gasteiger charge is 2.13. The van der Waals surface area contributed by atoms with Gasteiger partial charge in [0.25, 0.3) is 5.91 Å². The van der Waals surface area contributed by atoms with Crippen molar-refractivity contribution in [1.82, 2.24) is 15.0 Å². The number of carbonyl (C=O) groups is 1. The smallest absolute Gasteiger partial charge is 0.274 e. The van der Waals surface area contributed by atoms with E-state index < -0.39 is 0 Å². The van der Waals surface area contributed by atoms with E-state index in [0.717, 1.165) is 16.8 Å². The van der Waals surface area contributed by atoms with Crippen molar-refractivity contribution < 1.29 is 4.79 Å². The van der Waals surface area contributed by atoms with Crippen molar-refractivity contribution in [2.75, 3.05) is 10.6 Å². The van der Waals surface area contributed by atoms with Crippen LogP contribution in [0.4, 0.5) is 11.5 Å². The Kier molecular flexibility index (Phi) is 5.43. The van der Waals surface area contributed by atoms with Gasteiger partial charge in [0.1, 0.15) is 17.8 Å². The topological polar surface area (TPSA) is 79.8 Å². The minimum absolute atomic E-state index is 0.250. The molecule has 26 heavy (non-hydrogen) atoms. The maximum absolute atomic E-state index is 12.5. The number of benzene rings is 1. The Morgan fingerprint density at radius 3 is 2.69 bits per heavy atom. The van der Waals surface area contributed by atoms with Crippen molar-refractivity contribution in [3.8, 4) is 0 Å². The van der Waals surface area contributed by atoms with Gasteiger partial charge in [-0.3, -0.25) is 9.78 Å². The molecule has 3 aromatic rings. The van der Waals surface area contributed by atoms with Crippen LogP contribution >= 0.6 is 11.6 Å². The maximum atomic E-state index is 12.5. The first kappa shape index (κ1) is 17.8. The average molecular weight is 368 g/mol. The second-order valence-corrected chi connectivity index (χ2v) is 6.26. The minimum atomic E-state index is -0.345. The van der Waals surface area contributed by atoms with Crippen LogP contribution in [-0.2, 0) is 6.54 Å². The van der Waals surface area contributed by atoms with E-state index in [4.69, 9.17) is 11.6 Å². The van der Waals surface area contributed by atoms with Crippen LogP contribution in [0.3, 0.4) is 0 Å². The number of pyridine rings is 1. The lowest BCUT2D eigenvalue weighted by atomic mass is 10.1. The summed E-state index contributed by atoms with van der Waals surface area (Å²) in [7, 11) is 0. The molecule has 0 bridgehead atoms. The number of aromatic nitrogens is 3. The lowest BCUT2D eigenvalue weighted by molar-refractivity contribution is 0.102. The van der Waals surface area contributed by atoms with E-state index in [1.807, 2.05) is 44.2 Å². The van der Waals surface area contributed by atoms with Crippen LogP contribution in [0, 0.1) is 13.8 Å². The lowest BCUT2D eigenvalue weighted by Crippen LogP contribution is -2.16. The number of aryl methyl sites for hydroxylation is 2. The molecule has 3 rings (SSSR count). The van der Waals surface area contributed by atoms with Crippen molar-refractivity contribution in [1.29, 1.82) is 0 Å². The number of carbonyl (C=O) groups excluding carboxylic acids is 1. The third kappa shape index (κ3) is 4.34. The Balaban J connectivity index is 1.72. The van der Waals surface area contributed by atoms with Gasteiger partial charge in [-0.15, -0.1) is 0 Å². The number of amides is 1. The molecule has 0 saturated heterocycles. The third-order valence-corrected chi connectivity index (χ3v) is 4.04. The van der Waals surface area contributed by atoms with E-state index in [1.165, 1.54) is 6.33 Å². The van der Waals surface area contributed by atoms with Gasteiger partial charge in [0, 0.05) is 12.3 Å². The van der Waals surface area contributed by atoms with Crippen LogP contribution in [0.25, 0.3) is 0 Å². The zero-order valence-electron chi connectivity index (χ0n) is 14.5. The van der Waals surface area contributed by atoms with Crippen LogP contribution in [0.1, 0.15) is 27.3 Å². The van der Waals surface area contributed by atoms with Crippen molar-refractivity contribution in [3.63, 3.8) is 0 Å². The van der Waals surface area contributed by atoms with E-state index in [1.54, 1.807) is 12.3 Å². The quantitative estimate of drug-likeness (QED) is 0.712. The molecule has 6 nitrogen and oxygen atoms in total. The van der Waals surface area contributed by atoms with E-state index in [0.29, 0.717) is 23.1 Å². The minimum Gasteiger partial charge on any atom is -0.364 e. The predicted octanol–water partition coefficient (Wildman–Crippen LogP) is 4.01. The molecule has 1 aromatic carbocycles. The molecular weight excluding hydrogens is 350 g/mol. The van der Waals surface area contributed by atoms with E-state index in [9.17, 15) is 4.79 Å². The predicted molar refractivity (Wildman–Crippen MR) is 102 cm³/mol. The molecule has 0 atom stereocenters. The van der Waals surface area contributed by atoms with Gasteiger partial charge in [-0.1, -0.05) is 23.7 Å². The second-order valence-electron chi connectivity index (χ2n) is 5.86. The summed E-state index contributed by atoms with van der Waals surface area (Å²) in [5, 5.41) is 6.45. The van der Waals surface area contributed by atoms with Gasteiger partial charge >= 0.3 is 0 Å². The van der Waals surface area contributed by atoms with Crippen LogP contribution in [0.15, 0.2) is 48.9 Å².